The number of hydrogen-bond donors (Lipinski definition) is 2. The lowest BCUT2D eigenvalue weighted by Crippen LogP contribution is -2.40. The van der Waals surface area contributed by atoms with Crippen LogP contribution in [0.5, 0.6) is 0 Å². The number of anilines is 1. The summed E-state index contributed by atoms with van der Waals surface area (Å²) in [5, 5.41) is 5.26. The summed E-state index contributed by atoms with van der Waals surface area (Å²) in [5.74, 6) is -0.297. The molecule has 1 fully saturated rings. The van der Waals surface area contributed by atoms with Gasteiger partial charge in [0, 0.05) is 25.4 Å². The number of aromatic nitrogens is 1. The quantitative estimate of drug-likeness (QED) is 0.830. The third-order valence-corrected chi connectivity index (χ3v) is 4.60. The van der Waals surface area contributed by atoms with Gasteiger partial charge in [0.2, 0.25) is 0 Å². The molecule has 0 aromatic carbocycles. The number of nitrogens with one attached hydrogen (secondary N) is 2. The van der Waals surface area contributed by atoms with E-state index in [0.29, 0.717) is 30.6 Å². The molecule has 0 radical (unpaired) electrons. The average Bonchev–Trinajstić information content (AvgIpc) is 2.55. The predicted molar refractivity (Wildman–Crippen MR) is 89.1 cm³/mol. The molecule has 0 spiro atoms. The molecule has 2 amide bonds. The third-order valence-electron chi connectivity index (χ3n) is 4.60. The number of rotatable bonds is 4. The predicted octanol–water partition coefficient (Wildman–Crippen LogP) is 1.75. The van der Waals surface area contributed by atoms with Crippen LogP contribution in [0.4, 0.5) is 5.69 Å². The summed E-state index contributed by atoms with van der Waals surface area (Å²) < 4.78 is 1.47. The summed E-state index contributed by atoms with van der Waals surface area (Å²) in [6.45, 7) is 5.09. The second-order valence-corrected chi connectivity index (χ2v) is 6.23. The van der Waals surface area contributed by atoms with Gasteiger partial charge in [-0.1, -0.05) is 26.2 Å². The van der Waals surface area contributed by atoms with Gasteiger partial charge in [0.05, 0.1) is 5.69 Å². The first-order valence-corrected chi connectivity index (χ1v) is 8.31. The molecule has 2 rings (SSSR count). The fourth-order valence-corrected chi connectivity index (χ4v) is 3.04. The van der Waals surface area contributed by atoms with Crippen molar-refractivity contribution in [2.24, 2.45) is 11.8 Å². The molecule has 23 heavy (non-hydrogen) atoms. The van der Waals surface area contributed by atoms with Crippen molar-refractivity contribution in [3.05, 3.63) is 28.7 Å². The van der Waals surface area contributed by atoms with E-state index in [0.717, 1.165) is 6.42 Å². The first-order chi connectivity index (χ1) is 11.0. The van der Waals surface area contributed by atoms with E-state index in [1.54, 1.807) is 0 Å². The highest BCUT2D eigenvalue weighted by Crippen LogP contribution is 2.28. The van der Waals surface area contributed by atoms with Crippen LogP contribution in [0.3, 0.4) is 0 Å². The van der Waals surface area contributed by atoms with Gasteiger partial charge in [0.15, 0.2) is 0 Å². The summed E-state index contributed by atoms with van der Waals surface area (Å²) >= 11 is 0. The Morgan fingerprint density at radius 1 is 1.22 bits per heavy atom. The van der Waals surface area contributed by atoms with Crippen molar-refractivity contribution in [1.29, 1.82) is 0 Å². The van der Waals surface area contributed by atoms with E-state index < -0.39 is 11.8 Å². The molecule has 0 aliphatic heterocycles. The molecule has 126 valence electrons. The van der Waals surface area contributed by atoms with E-state index in [9.17, 15) is 14.4 Å². The van der Waals surface area contributed by atoms with Crippen molar-refractivity contribution in [2.45, 2.75) is 46.1 Å². The largest absolute Gasteiger partial charge is 0.348 e. The van der Waals surface area contributed by atoms with E-state index in [1.807, 2.05) is 6.92 Å². The molecule has 1 aliphatic rings. The number of hydrogen-bond acceptors (Lipinski definition) is 3. The molecule has 1 aliphatic carbocycles. The van der Waals surface area contributed by atoms with Crippen molar-refractivity contribution < 1.29 is 9.59 Å². The Kier molecular flexibility index (Phi) is 5.96. The van der Waals surface area contributed by atoms with Crippen LogP contribution < -0.4 is 16.2 Å². The molecule has 6 nitrogen and oxygen atoms in total. The second kappa shape index (κ2) is 7.94. The molecule has 1 aromatic rings. The standard InChI is InChI=1S/C17H25N3O3/c1-3-20-11-14(8-9-15(20)21)19-17(23)16(22)18-10-13-7-5-4-6-12(13)2/h8-9,11-13H,3-7,10H2,1-2H3,(H,18,22)(H,19,23)/t12-,13-/m1/s1. The number of amides is 2. The van der Waals surface area contributed by atoms with Crippen LogP contribution in [0.25, 0.3) is 0 Å². The second-order valence-electron chi connectivity index (χ2n) is 6.23. The lowest BCUT2D eigenvalue weighted by Gasteiger charge is -2.28. The van der Waals surface area contributed by atoms with Gasteiger partial charge in [-0.25, -0.2) is 0 Å². The fraction of sp³-hybridized carbons (Fsp3) is 0.588. The van der Waals surface area contributed by atoms with E-state index in [-0.39, 0.29) is 5.56 Å². The summed E-state index contributed by atoms with van der Waals surface area (Å²) in [6.07, 6.45) is 6.27. The van der Waals surface area contributed by atoms with Crippen LogP contribution in [0.2, 0.25) is 0 Å². The minimum Gasteiger partial charge on any atom is -0.348 e. The smallest absolute Gasteiger partial charge is 0.313 e. The van der Waals surface area contributed by atoms with Crippen LogP contribution in [-0.4, -0.2) is 22.9 Å². The lowest BCUT2D eigenvalue weighted by atomic mass is 9.80. The Morgan fingerprint density at radius 3 is 2.65 bits per heavy atom. The van der Waals surface area contributed by atoms with Gasteiger partial charge in [-0.05, 0) is 31.2 Å². The van der Waals surface area contributed by atoms with E-state index in [1.165, 1.54) is 42.2 Å². The average molecular weight is 319 g/mol. The van der Waals surface area contributed by atoms with Gasteiger partial charge in [-0.15, -0.1) is 0 Å². The SMILES string of the molecule is CCn1cc(NC(=O)C(=O)NC[C@H]2CCCC[C@H]2C)ccc1=O. The summed E-state index contributed by atoms with van der Waals surface area (Å²) in [7, 11) is 0. The minimum atomic E-state index is -0.699. The minimum absolute atomic E-state index is 0.138. The highest BCUT2D eigenvalue weighted by Gasteiger charge is 2.23. The molecule has 0 saturated heterocycles. The fourth-order valence-electron chi connectivity index (χ4n) is 3.04. The van der Waals surface area contributed by atoms with E-state index in [2.05, 4.69) is 17.6 Å². The van der Waals surface area contributed by atoms with Gasteiger partial charge < -0.3 is 15.2 Å². The molecule has 2 atom stereocenters. The summed E-state index contributed by atoms with van der Waals surface area (Å²) in [6, 6.07) is 2.88. The van der Waals surface area contributed by atoms with Crippen LogP contribution in [0.1, 0.15) is 39.5 Å². The zero-order valence-corrected chi connectivity index (χ0v) is 13.8. The number of nitrogens with zero attached hydrogens (tertiary/aromatic N) is 1. The topological polar surface area (TPSA) is 80.2 Å². The van der Waals surface area contributed by atoms with Crippen molar-refractivity contribution >= 4 is 17.5 Å². The Morgan fingerprint density at radius 2 is 1.96 bits per heavy atom. The molecule has 1 heterocycles. The molecule has 1 saturated carbocycles. The van der Waals surface area contributed by atoms with Crippen LogP contribution in [-0.2, 0) is 16.1 Å². The Balaban J connectivity index is 1.87. The molecule has 0 unspecified atom stereocenters. The Hall–Kier alpha value is -2.11. The maximum atomic E-state index is 11.9. The monoisotopic (exact) mass is 319 g/mol. The highest BCUT2D eigenvalue weighted by molar-refractivity contribution is 6.39. The van der Waals surface area contributed by atoms with E-state index >= 15 is 0 Å². The molecule has 2 N–H and O–H groups in total. The molecular weight excluding hydrogens is 294 g/mol. The van der Waals surface area contributed by atoms with Gasteiger partial charge in [0.1, 0.15) is 0 Å². The zero-order valence-electron chi connectivity index (χ0n) is 13.8. The first kappa shape index (κ1) is 17.2. The van der Waals surface area contributed by atoms with Gasteiger partial charge >= 0.3 is 11.8 Å². The van der Waals surface area contributed by atoms with Crippen LogP contribution in [0, 0.1) is 11.8 Å². The first-order valence-electron chi connectivity index (χ1n) is 8.31. The molecule has 0 bridgehead atoms. The Labute approximate surface area is 136 Å². The number of aryl methyl sites for hydroxylation is 1. The normalized spacial score (nSPS) is 20.8. The number of pyridine rings is 1. The number of carbonyl (C=O) groups is 2. The molecule has 1 aromatic heterocycles. The van der Waals surface area contributed by atoms with Crippen molar-refractivity contribution in [3.63, 3.8) is 0 Å². The van der Waals surface area contributed by atoms with Crippen LogP contribution in [0.15, 0.2) is 23.1 Å². The summed E-state index contributed by atoms with van der Waals surface area (Å²) in [4.78, 5) is 35.4. The molecular formula is C17H25N3O3. The lowest BCUT2D eigenvalue weighted by molar-refractivity contribution is -0.136. The van der Waals surface area contributed by atoms with Crippen LogP contribution >= 0.6 is 0 Å². The van der Waals surface area contributed by atoms with Crippen molar-refractivity contribution in [2.75, 3.05) is 11.9 Å². The Bertz CT molecular complexity index is 624. The van der Waals surface area contributed by atoms with Gasteiger partial charge in [-0.3, -0.25) is 14.4 Å². The maximum Gasteiger partial charge on any atom is 0.313 e. The summed E-state index contributed by atoms with van der Waals surface area (Å²) in [5.41, 5.74) is 0.305. The van der Waals surface area contributed by atoms with E-state index in [4.69, 9.17) is 0 Å². The van der Waals surface area contributed by atoms with Crippen molar-refractivity contribution in [3.8, 4) is 0 Å². The number of carbonyl (C=O) groups excluding carboxylic acids is 2. The zero-order chi connectivity index (χ0) is 16.8. The highest BCUT2D eigenvalue weighted by atomic mass is 16.2. The third kappa shape index (κ3) is 4.68. The van der Waals surface area contributed by atoms with Gasteiger partial charge in [0.25, 0.3) is 5.56 Å². The molecule has 6 heteroatoms. The van der Waals surface area contributed by atoms with Crippen molar-refractivity contribution in [1.82, 2.24) is 9.88 Å². The maximum absolute atomic E-state index is 11.9. The van der Waals surface area contributed by atoms with Gasteiger partial charge in [-0.2, -0.15) is 0 Å².